The molecule has 7 nitrogen and oxygen atoms in total. The van der Waals surface area contributed by atoms with Crippen LogP contribution in [0.3, 0.4) is 0 Å². The van der Waals surface area contributed by atoms with Crippen LogP contribution in [0.25, 0.3) is 0 Å². The highest BCUT2D eigenvalue weighted by Crippen LogP contribution is 2.29. The Hall–Kier alpha value is -3.65. The maximum absolute atomic E-state index is 13.0. The Kier molecular flexibility index (Phi) is 6.98. The van der Waals surface area contributed by atoms with E-state index in [1.54, 1.807) is 30.3 Å². The third-order valence-electron chi connectivity index (χ3n) is 5.89. The van der Waals surface area contributed by atoms with Crippen molar-refractivity contribution in [1.29, 1.82) is 0 Å². The number of fused-ring (bicyclic) bond motifs is 1. The summed E-state index contributed by atoms with van der Waals surface area (Å²) in [7, 11) is -2.43. The summed E-state index contributed by atoms with van der Waals surface area (Å²) in [6.07, 6.45) is 2.78. The van der Waals surface area contributed by atoms with Crippen LogP contribution in [0.15, 0.2) is 83.8 Å². The minimum absolute atomic E-state index is 0.0448. The fourth-order valence-electron chi connectivity index (χ4n) is 4.07. The summed E-state index contributed by atoms with van der Waals surface area (Å²) in [6.45, 7) is -0.446. The van der Waals surface area contributed by atoms with Gasteiger partial charge in [0.05, 0.1) is 22.2 Å². The minimum atomic E-state index is -3.88. The van der Waals surface area contributed by atoms with Gasteiger partial charge in [0.1, 0.15) is 0 Å². The number of hydrogen-bond donors (Lipinski definition) is 1. The van der Waals surface area contributed by atoms with Gasteiger partial charge in [-0.2, -0.15) is 0 Å². The topological polar surface area (TPSA) is 92.8 Å². The Labute approximate surface area is 199 Å². The first-order valence-electron chi connectivity index (χ1n) is 11.0. The molecule has 4 rings (SSSR count). The monoisotopic (exact) mass is 478 g/mol. The molecule has 1 atom stereocenters. The first kappa shape index (κ1) is 23.5. The van der Waals surface area contributed by atoms with E-state index in [0.717, 1.165) is 29.1 Å². The van der Waals surface area contributed by atoms with Gasteiger partial charge in [0.2, 0.25) is 0 Å². The van der Waals surface area contributed by atoms with E-state index in [2.05, 4.69) is 11.4 Å². The van der Waals surface area contributed by atoms with Crippen molar-refractivity contribution >= 4 is 27.6 Å². The molecule has 0 aliphatic heterocycles. The smallest absolute Gasteiger partial charge is 0.338 e. The third-order valence-corrected chi connectivity index (χ3v) is 7.67. The van der Waals surface area contributed by atoms with Crippen LogP contribution in [-0.2, 0) is 26.0 Å². The first-order chi connectivity index (χ1) is 16.4. The highest BCUT2D eigenvalue weighted by atomic mass is 32.2. The maximum atomic E-state index is 13.0. The molecule has 0 aromatic heterocycles. The Bertz CT molecular complexity index is 1290. The second-order valence-corrected chi connectivity index (χ2v) is 10.1. The third kappa shape index (κ3) is 5.12. The second kappa shape index (κ2) is 10.1. The average molecular weight is 479 g/mol. The van der Waals surface area contributed by atoms with Crippen LogP contribution < -0.4 is 9.62 Å². The molecule has 0 radical (unpaired) electrons. The quantitative estimate of drug-likeness (QED) is 0.521. The fraction of sp³-hybridized carbons (Fsp3) is 0.231. The summed E-state index contributed by atoms with van der Waals surface area (Å²) in [5.74, 6) is -1.17. The van der Waals surface area contributed by atoms with Crippen LogP contribution in [0.1, 0.15) is 40.4 Å². The first-order valence-corrected chi connectivity index (χ1v) is 12.5. The van der Waals surface area contributed by atoms with Gasteiger partial charge in [-0.15, -0.1) is 0 Å². The summed E-state index contributed by atoms with van der Waals surface area (Å²) in [5.41, 5.74) is 2.86. The van der Waals surface area contributed by atoms with Crippen molar-refractivity contribution in [2.24, 2.45) is 0 Å². The van der Waals surface area contributed by atoms with E-state index in [1.165, 1.54) is 36.9 Å². The van der Waals surface area contributed by atoms with Crippen LogP contribution >= 0.6 is 0 Å². The zero-order valence-electron chi connectivity index (χ0n) is 18.8. The Balaban J connectivity index is 1.40. The van der Waals surface area contributed by atoms with Crippen molar-refractivity contribution < 1.29 is 22.7 Å². The number of para-hydroxylation sites is 1. The zero-order valence-corrected chi connectivity index (χ0v) is 19.6. The van der Waals surface area contributed by atoms with Crippen LogP contribution in [0.2, 0.25) is 0 Å². The number of benzene rings is 3. The number of esters is 1. The largest absolute Gasteiger partial charge is 0.452 e. The molecule has 0 saturated carbocycles. The van der Waals surface area contributed by atoms with Crippen LogP contribution in [0.5, 0.6) is 0 Å². The molecule has 0 spiro atoms. The van der Waals surface area contributed by atoms with Crippen molar-refractivity contribution in [3.8, 4) is 0 Å². The molecule has 0 fully saturated rings. The number of ether oxygens (including phenoxy) is 1. The highest BCUT2D eigenvalue weighted by Gasteiger charge is 2.24. The molecule has 0 saturated heterocycles. The predicted octanol–water partition coefficient (Wildman–Crippen LogP) is 3.86. The summed E-state index contributed by atoms with van der Waals surface area (Å²) >= 11 is 0. The van der Waals surface area contributed by atoms with E-state index in [-0.39, 0.29) is 16.5 Å². The van der Waals surface area contributed by atoms with E-state index in [0.29, 0.717) is 5.69 Å². The van der Waals surface area contributed by atoms with E-state index >= 15 is 0 Å². The normalized spacial score (nSPS) is 15.1. The van der Waals surface area contributed by atoms with Gasteiger partial charge in [-0.05, 0) is 60.7 Å². The molecule has 0 heterocycles. The number of hydrogen-bond acceptors (Lipinski definition) is 5. The van der Waals surface area contributed by atoms with Gasteiger partial charge in [0.15, 0.2) is 6.61 Å². The fourth-order valence-corrected chi connectivity index (χ4v) is 5.31. The van der Waals surface area contributed by atoms with Crippen molar-refractivity contribution in [3.63, 3.8) is 0 Å². The SMILES string of the molecule is CN(c1ccccc1)S(=O)(=O)c1cccc(C(=O)OCC(=O)N[C@@H]2CCCc3ccccc32)c1. The van der Waals surface area contributed by atoms with Crippen molar-refractivity contribution in [3.05, 3.63) is 95.6 Å². The lowest BCUT2D eigenvalue weighted by Gasteiger charge is -2.26. The number of rotatable bonds is 7. The summed E-state index contributed by atoms with van der Waals surface area (Å²) in [4.78, 5) is 24.9. The van der Waals surface area contributed by atoms with Crippen LogP contribution in [-0.4, -0.2) is 33.9 Å². The van der Waals surface area contributed by atoms with Crippen molar-refractivity contribution in [2.75, 3.05) is 18.0 Å². The van der Waals surface area contributed by atoms with Gasteiger partial charge in [0.25, 0.3) is 15.9 Å². The average Bonchev–Trinajstić information content (AvgIpc) is 2.87. The highest BCUT2D eigenvalue weighted by molar-refractivity contribution is 7.92. The number of amides is 1. The molecule has 3 aromatic carbocycles. The molecular weight excluding hydrogens is 452 g/mol. The van der Waals surface area contributed by atoms with E-state index in [1.807, 2.05) is 18.2 Å². The van der Waals surface area contributed by atoms with Crippen LogP contribution in [0, 0.1) is 0 Å². The molecular formula is C26H26N2O5S. The summed E-state index contributed by atoms with van der Waals surface area (Å²) < 4.78 is 32.3. The molecule has 1 aliphatic rings. The molecule has 1 N–H and O–H groups in total. The number of anilines is 1. The predicted molar refractivity (Wildman–Crippen MR) is 129 cm³/mol. The molecule has 1 amide bonds. The number of nitrogens with zero attached hydrogens (tertiary/aromatic N) is 1. The number of aryl methyl sites for hydroxylation is 1. The maximum Gasteiger partial charge on any atom is 0.338 e. The molecule has 176 valence electrons. The van der Waals surface area contributed by atoms with E-state index < -0.39 is 28.5 Å². The number of carbonyl (C=O) groups is 2. The van der Waals surface area contributed by atoms with Crippen LogP contribution in [0.4, 0.5) is 5.69 Å². The van der Waals surface area contributed by atoms with Gasteiger partial charge >= 0.3 is 5.97 Å². The molecule has 34 heavy (non-hydrogen) atoms. The van der Waals surface area contributed by atoms with Crippen molar-refractivity contribution in [2.45, 2.75) is 30.2 Å². The van der Waals surface area contributed by atoms with Gasteiger partial charge < -0.3 is 10.1 Å². The lowest BCUT2D eigenvalue weighted by molar-refractivity contribution is -0.125. The molecule has 8 heteroatoms. The van der Waals surface area contributed by atoms with Gasteiger partial charge in [0, 0.05) is 7.05 Å². The second-order valence-electron chi connectivity index (χ2n) is 8.12. The Morgan fingerprint density at radius 2 is 1.74 bits per heavy atom. The zero-order chi connectivity index (χ0) is 24.1. The van der Waals surface area contributed by atoms with E-state index in [9.17, 15) is 18.0 Å². The summed E-state index contributed by atoms with van der Waals surface area (Å²) in [6, 6.07) is 22.1. The Morgan fingerprint density at radius 1 is 1.00 bits per heavy atom. The summed E-state index contributed by atoms with van der Waals surface area (Å²) in [5, 5.41) is 2.93. The lowest BCUT2D eigenvalue weighted by Crippen LogP contribution is -2.34. The number of nitrogens with one attached hydrogen (secondary N) is 1. The van der Waals surface area contributed by atoms with E-state index in [4.69, 9.17) is 4.74 Å². The van der Waals surface area contributed by atoms with Crippen molar-refractivity contribution in [1.82, 2.24) is 5.32 Å². The molecule has 3 aromatic rings. The standard InChI is InChI=1S/C26H26N2O5S/c1-28(21-12-3-2-4-13-21)34(31,32)22-14-7-11-20(17-22)26(30)33-18-25(29)27-24-16-8-10-19-9-5-6-15-23(19)24/h2-7,9,11-15,17,24H,8,10,16,18H2,1H3,(H,27,29)/t24-/m1/s1. The number of sulfonamides is 1. The molecule has 0 unspecified atom stereocenters. The Morgan fingerprint density at radius 3 is 2.53 bits per heavy atom. The minimum Gasteiger partial charge on any atom is -0.452 e. The number of carbonyl (C=O) groups excluding carboxylic acids is 2. The lowest BCUT2D eigenvalue weighted by atomic mass is 9.88. The van der Waals surface area contributed by atoms with Gasteiger partial charge in [-0.25, -0.2) is 13.2 Å². The van der Waals surface area contributed by atoms with Gasteiger partial charge in [-0.3, -0.25) is 9.10 Å². The molecule has 1 aliphatic carbocycles. The van der Waals surface area contributed by atoms with Gasteiger partial charge in [-0.1, -0.05) is 48.5 Å². The molecule has 0 bridgehead atoms.